The average Bonchev–Trinajstić information content (AvgIpc) is 3.04. The predicted octanol–water partition coefficient (Wildman–Crippen LogP) is 6.84. The van der Waals surface area contributed by atoms with Gasteiger partial charge in [-0.15, -0.1) is 0 Å². The molecular formula is C28H32F2N2O2. The molecule has 1 fully saturated rings. The third kappa shape index (κ3) is 4.77. The second kappa shape index (κ2) is 9.69. The maximum absolute atomic E-state index is 15.2. The Labute approximate surface area is 199 Å². The highest BCUT2D eigenvalue weighted by Gasteiger charge is 2.26. The fourth-order valence-electron chi connectivity index (χ4n) is 5.21. The topological polar surface area (TPSA) is 51.1 Å². The first-order valence-corrected chi connectivity index (χ1v) is 12.0. The summed E-state index contributed by atoms with van der Waals surface area (Å²) in [5.41, 5.74) is 3.23. The smallest absolute Gasteiger partial charge is 0.155 e. The lowest BCUT2D eigenvalue weighted by atomic mass is 9.83. The number of hydrogen-bond acceptors (Lipinski definition) is 3. The summed E-state index contributed by atoms with van der Waals surface area (Å²) < 4.78 is 31.3. The van der Waals surface area contributed by atoms with Gasteiger partial charge in [-0.25, -0.2) is 8.78 Å². The first-order chi connectivity index (χ1) is 16.2. The summed E-state index contributed by atoms with van der Waals surface area (Å²) in [5.74, 6) is -0.927. The molecule has 3 aromatic rings. The Balaban J connectivity index is 1.90. The number of anilines is 1. The number of nitrogens with one attached hydrogen (secondary N) is 1. The van der Waals surface area contributed by atoms with E-state index in [2.05, 4.69) is 5.32 Å². The van der Waals surface area contributed by atoms with Gasteiger partial charge in [-0.1, -0.05) is 33.1 Å². The van der Waals surface area contributed by atoms with Gasteiger partial charge in [0.05, 0.1) is 11.1 Å². The van der Waals surface area contributed by atoms with Crippen molar-refractivity contribution in [2.75, 3.05) is 5.32 Å². The zero-order chi connectivity index (χ0) is 24.5. The van der Waals surface area contributed by atoms with E-state index in [1.54, 1.807) is 6.07 Å². The number of aromatic nitrogens is 1. The number of fused-ring (bicyclic) bond motifs is 1. The molecule has 0 aliphatic heterocycles. The van der Waals surface area contributed by atoms with E-state index < -0.39 is 5.82 Å². The molecule has 0 saturated heterocycles. The molecule has 1 aliphatic rings. The number of nitrogens with zero attached hydrogens (tertiary/aromatic N) is 1. The minimum atomic E-state index is -0.581. The van der Waals surface area contributed by atoms with Crippen molar-refractivity contribution < 1.29 is 18.4 Å². The van der Waals surface area contributed by atoms with Gasteiger partial charge in [0.15, 0.2) is 6.29 Å². The number of benzene rings is 2. The molecule has 4 rings (SSSR count). The molecule has 6 heteroatoms. The quantitative estimate of drug-likeness (QED) is 0.370. The minimum absolute atomic E-state index is 0.0310. The van der Waals surface area contributed by atoms with E-state index in [0.717, 1.165) is 48.6 Å². The van der Waals surface area contributed by atoms with Crippen molar-refractivity contribution in [3.63, 3.8) is 0 Å². The SMILES string of the molecule is Cn1c(CC(C)(C)CC=O)c(-c2cc(F)c(C=O)c(NC3CCCCC3)c2)c2ccc(F)cc21. The summed E-state index contributed by atoms with van der Waals surface area (Å²) >= 11 is 0. The summed E-state index contributed by atoms with van der Waals surface area (Å²) in [4.78, 5) is 23.0. The monoisotopic (exact) mass is 466 g/mol. The largest absolute Gasteiger partial charge is 0.382 e. The number of rotatable bonds is 8. The third-order valence-corrected chi connectivity index (χ3v) is 7.07. The van der Waals surface area contributed by atoms with Crippen molar-refractivity contribution in [2.45, 2.75) is 64.8 Å². The molecule has 0 bridgehead atoms. The van der Waals surface area contributed by atoms with Crippen LogP contribution in [-0.2, 0) is 18.3 Å². The van der Waals surface area contributed by atoms with Crippen LogP contribution in [0.5, 0.6) is 0 Å². The highest BCUT2D eigenvalue weighted by atomic mass is 19.1. The summed E-state index contributed by atoms with van der Waals surface area (Å²) in [7, 11) is 1.87. The van der Waals surface area contributed by atoms with Gasteiger partial charge in [-0.05, 0) is 60.6 Å². The second-order valence-electron chi connectivity index (χ2n) is 10.3. The van der Waals surface area contributed by atoms with E-state index in [1.165, 1.54) is 24.6 Å². The molecule has 1 N–H and O–H groups in total. The fraction of sp³-hybridized carbons (Fsp3) is 0.429. The van der Waals surface area contributed by atoms with Crippen molar-refractivity contribution in [2.24, 2.45) is 12.5 Å². The molecule has 1 aliphatic carbocycles. The molecule has 1 aromatic heterocycles. The maximum Gasteiger partial charge on any atom is 0.155 e. The lowest BCUT2D eigenvalue weighted by Crippen LogP contribution is -2.23. The van der Waals surface area contributed by atoms with Gasteiger partial charge in [0.1, 0.15) is 17.9 Å². The van der Waals surface area contributed by atoms with Crippen molar-refractivity contribution in [1.82, 2.24) is 4.57 Å². The fourth-order valence-corrected chi connectivity index (χ4v) is 5.21. The normalized spacial score (nSPS) is 15.0. The van der Waals surface area contributed by atoms with Crippen LogP contribution in [-0.4, -0.2) is 23.2 Å². The van der Waals surface area contributed by atoms with E-state index in [-0.39, 0.29) is 22.8 Å². The van der Waals surface area contributed by atoms with Gasteiger partial charge < -0.3 is 14.7 Å². The summed E-state index contributed by atoms with van der Waals surface area (Å²) in [6.45, 7) is 4.02. The Bertz CT molecular complexity index is 1220. The first-order valence-electron chi connectivity index (χ1n) is 12.0. The number of hydrogen-bond donors (Lipinski definition) is 1. The van der Waals surface area contributed by atoms with Gasteiger partial charge >= 0.3 is 0 Å². The summed E-state index contributed by atoms with van der Waals surface area (Å²) in [5, 5.41) is 4.23. The van der Waals surface area contributed by atoms with Gasteiger partial charge in [0, 0.05) is 41.8 Å². The molecule has 4 nitrogen and oxygen atoms in total. The average molecular weight is 467 g/mol. The highest BCUT2D eigenvalue weighted by molar-refractivity contribution is 6.00. The molecule has 1 heterocycles. The highest BCUT2D eigenvalue weighted by Crippen LogP contribution is 2.40. The molecule has 2 aromatic carbocycles. The molecule has 0 atom stereocenters. The van der Waals surface area contributed by atoms with Crippen LogP contribution in [0.1, 0.15) is 68.4 Å². The van der Waals surface area contributed by atoms with Gasteiger partial charge in [-0.2, -0.15) is 0 Å². The molecule has 0 radical (unpaired) electrons. The van der Waals surface area contributed by atoms with Crippen LogP contribution in [0, 0.1) is 17.0 Å². The second-order valence-corrected chi connectivity index (χ2v) is 10.3. The first kappa shape index (κ1) is 24.1. The molecular weight excluding hydrogens is 434 g/mol. The zero-order valence-corrected chi connectivity index (χ0v) is 20.1. The standard InChI is InChI=1S/C28H32F2N2O2/c1-28(2,11-12-33)16-26-27(21-10-9-19(29)15-25(21)32(26)3)18-13-23(30)22(17-34)24(14-18)31-20-7-5-4-6-8-20/h9-10,12-15,17,20,31H,4-8,11,16H2,1-3H3. The van der Waals surface area contributed by atoms with Crippen LogP contribution in [0.4, 0.5) is 14.5 Å². The number of aryl methyl sites for hydroxylation is 1. The van der Waals surface area contributed by atoms with E-state index in [9.17, 15) is 14.0 Å². The lowest BCUT2D eigenvalue weighted by molar-refractivity contribution is -0.109. The maximum atomic E-state index is 15.2. The van der Waals surface area contributed by atoms with Crippen LogP contribution in [0.25, 0.3) is 22.0 Å². The number of carbonyl (C=O) groups excluding carboxylic acids is 2. The molecule has 180 valence electrons. The number of aldehydes is 2. The molecule has 1 saturated carbocycles. The Morgan fingerprint density at radius 1 is 1.09 bits per heavy atom. The van der Waals surface area contributed by atoms with E-state index in [0.29, 0.717) is 35.9 Å². The number of halogens is 2. The summed E-state index contributed by atoms with van der Waals surface area (Å²) in [6, 6.07) is 8.04. The van der Waals surface area contributed by atoms with Crippen LogP contribution in [0.2, 0.25) is 0 Å². The van der Waals surface area contributed by atoms with Crippen molar-refractivity contribution in [3.8, 4) is 11.1 Å². The Morgan fingerprint density at radius 2 is 1.82 bits per heavy atom. The third-order valence-electron chi connectivity index (χ3n) is 7.07. The zero-order valence-electron chi connectivity index (χ0n) is 20.1. The Morgan fingerprint density at radius 3 is 2.50 bits per heavy atom. The van der Waals surface area contributed by atoms with Crippen molar-refractivity contribution in [1.29, 1.82) is 0 Å². The van der Waals surface area contributed by atoms with E-state index >= 15 is 4.39 Å². The molecule has 34 heavy (non-hydrogen) atoms. The van der Waals surface area contributed by atoms with Gasteiger partial charge in [-0.3, -0.25) is 4.79 Å². The van der Waals surface area contributed by atoms with Gasteiger partial charge in [0.2, 0.25) is 0 Å². The molecule has 0 spiro atoms. The van der Waals surface area contributed by atoms with Crippen LogP contribution in [0.3, 0.4) is 0 Å². The molecule has 0 amide bonds. The van der Waals surface area contributed by atoms with E-state index in [1.807, 2.05) is 31.5 Å². The minimum Gasteiger partial charge on any atom is -0.382 e. The molecule has 0 unspecified atom stereocenters. The van der Waals surface area contributed by atoms with Crippen LogP contribution in [0.15, 0.2) is 30.3 Å². The predicted molar refractivity (Wildman–Crippen MR) is 132 cm³/mol. The van der Waals surface area contributed by atoms with Crippen LogP contribution >= 0.6 is 0 Å². The van der Waals surface area contributed by atoms with Crippen molar-refractivity contribution >= 4 is 29.2 Å². The summed E-state index contributed by atoms with van der Waals surface area (Å²) in [6.07, 6.45) is 7.79. The lowest BCUT2D eigenvalue weighted by Gasteiger charge is -2.25. The van der Waals surface area contributed by atoms with Gasteiger partial charge in [0.25, 0.3) is 0 Å². The number of carbonyl (C=O) groups is 2. The Hall–Kier alpha value is -3.02. The Kier molecular flexibility index (Phi) is 6.87. The van der Waals surface area contributed by atoms with Crippen LogP contribution < -0.4 is 5.32 Å². The van der Waals surface area contributed by atoms with E-state index in [4.69, 9.17) is 0 Å². The van der Waals surface area contributed by atoms with Crippen molar-refractivity contribution in [3.05, 3.63) is 53.2 Å².